The molecule has 0 saturated heterocycles. The van der Waals surface area contributed by atoms with Crippen LogP contribution in [0, 0.1) is 11.3 Å². The first-order valence-corrected chi connectivity index (χ1v) is 6.91. The van der Waals surface area contributed by atoms with Crippen molar-refractivity contribution in [1.29, 1.82) is 5.26 Å². The maximum Gasteiger partial charge on any atom is 0.101 e. The Morgan fingerprint density at radius 2 is 2.10 bits per heavy atom. The smallest absolute Gasteiger partial charge is 0.101 e. The van der Waals surface area contributed by atoms with Crippen LogP contribution in [0.1, 0.15) is 11.1 Å². The lowest BCUT2D eigenvalue weighted by molar-refractivity contribution is 1.16. The molecule has 0 spiro atoms. The van der Waals surface area contributed by atoms with Crippen molar-refractivity contribution in [3.63, 3.8) is 0 Å². The van der Waals surface area contributed by atoms with Gasteiger partial charge in [-0.3, -0.25) is 4.98 Å². The molecule has 0 aliphatic carbocycles. The van der Waals surface area contributed by atoms with Crippen molar-refractivity contribution in [2.75, 3.05) is 5.32 Å². The molecule has 2 aromatic carbocycles. The van der Waals surface area contributed by atoms with E-state index in [2.05, 4.69) is 22.4 Å². The zero-order chi connectivity index (χ0) is 14.7. The van der Waals surface area contributed by atoms with E-state index in [4.69, 9.17) is 16.9 Å². The Morgan fingerprint density at radius 1 is 1.19 bits per heavy atom. The van der Waals surface area contributed by atoms with Crippen LogP contribution >= 0.6 is 11.6 Å². The summed E-state index contributed by atoms with van der Waals surface area (Å²) in [7, 11) is 0. The molecule has 3 rings (SSSR count). The number of benzene rings is 2. The molecular weight excluding hydrogens is 282 g/mol. The van der Waals surface area contributed by atoms with E-state index in [1.807, 2.05) is 24.4 Å². The molecule has 3 nitrogen and oxygen atoms in total. The highest BCUT2D eigenvalue weighted by molar-refractivity contribution is 6.30. The van der Waals surface area contributed by atoms with Gasteiger partial charge in [-0.25, -0.2) is 0 Å². The zero-order valence-electron chi connectivity index (χ0n) is 11.2. The number of hydrogen-bond acceptors (Lipinski definition) is 3. The van der Waals surface area contributed by atoms with Gasteiger partial charge in [0, 0.05) is 29.3 Å². The average molecular weight is 294 g/mol. The first kappa shape index (κ1) is 13.4. The molecule has 0 aliphatic rings. The van der Waals surface area contributed by atoms with E-state index in [0.717, 1.165) is 22.0 Å². The van der Waals surface area contributed by atoms with Crippen LogP contribution in [-0.4, -0.2) is 4.98 Å². The minimum atomic E-state index is 0.585. The monoisotopic (exact) mass is 293 g/mol. The number of halogens is 1. The van der Waals surface area contributed by atoms with Crippen LogP contribution in [0.4, 0.5) is 5.69 Å². The summed E-state index contributed by atoms with van der Waals surface area (Å²) in [5.74, 6) is 0. The van der Waals surface area contributed by atoms with Gasteiger partial charge in [0.15, 0.2) is 0 Å². The Balaban J connectivity index is 1.91. The Bertz CT molecular complexity index is 832. The first-order chi connectivity index (χ1) is 10.3. The normalized spacial score (nSPS) is 10.3. The summed E-state index contributed by atoms with van der Waals surface area (Å²) in [5.41, 5.74) is 2.48. The van der Waals surface area contributed by atoms with Gasteiger partial charge in [-0.15, -0.1) is 0 Å². The number of anilines is 1. The lowest BCUT2D eigenvalue weighted by Crippen LogP contribution is -2.02. The minimum absolute atomic E-state index is 0.585. The van der Waals surface area contributed by atoms with Crippen molar-refractivity contribution in [2.24, 2.45) is 0 Å². The molecule has 0 unspecified atom stereocenters. The van der Waals surface area contributed by atoms with Gasteiger partial charge in [-0.1, -0.05) is 29.8 Å². The molecule has 0 fully saturated rings. The number of rotatable bonds is 3. The highest BCUT2D eigenvalue weighted by Gasteiger charge is 2.05. The fourth-order valence-electron chi connectivity index (χ4n) is 2.29. The summed E-state index contributed by atoms with van der Waals surface area (Å²) >= 11 is 5.99. The number of nitrogens with zero attached hydrogens (tertiary/aromatic N) is 2. The predicted molar refractivity (Wildman–Crippen MR) is 85.2 cm³/mol. The second-order valence-corrected chi connectivity index (χ2v) is 5.11. The number of hydrogen-bond donors (Lipinski definition) is 1. The maximum absolute atomic E-state index is 9.14. The molecule has 21 heavy (non-hydrogen) atoms. The summed E-state index contributed by atoms with van der Waals surface area (Å²) in [6.45, 7) is 0.621. The molecule has 1 aromatic heterocycles. The Hall–Kier alpha value is -2.57. The maximum atomic E-state index is 9.14. The number of fused-ring (bicyclic) bond motifs is 1. The number of pyridine rings is 1. The van der Waals surface area contributed by atoms with Crippen LogP contribution in [-0.2, 0) is 6.54 Å². The van der Waals surface area contributed by atoms with Gasteiger partial charge < -0.3 is 5.32 Å². The van der Waals surface area contributed by atoms with Crippen LogP contribution in [0.2, 0.25) is 5.02 Å². The van der Waals surface area contributed by atoms with E-state index < -0.39 is 0 Å². The fraction of sp³-hybridized carbons (Fsp3) is 0.0588. The number of aromatic nitrogens is 1. The topological polar surface area (TPSA) is 48.7 Å². The summed E-state index contributed by atoms with van der Waals surface area (Å²) in [4.78, 5) is 4.13. The highest BCUT2D eigenvalue weighted by Crippen LogP contribution is 2.23. The van der Waals surface area contributed by atoms with E-state index in [9.17, 15) is 0 Å². The van der Waals surface area contributed by atoms with Gasteiger partial charge in [0.2, 0.25) is 0 Å². The van der Waals surface area contributed by atoms with E-state index in [1.165, 1.54) is 0 Å². The van der Waals surface area contributed by atoms with E-state index in [-0.39, 0.29) is 0 Å². The second kappa shape index (κ2) is 5.82. The van der Waals surface area contributed by atoms with Gasteiger partial charge in [0.05, 0.1) is 11.3 Å². The van der Waals surface area contributed by atoms with Crippen LogP contribution in [0.15, 0.2) is 54.9 Å². The van der Waals surface area contributed by atoms with Gasteiger partial charge in [-0.05, 0) is 35.2 Å². The second-order valence-electron chi connectivity index (χ2n) is 4.67. The Kier molecular flexibility index (Phi) is 3.72. The third kappa shape index (κ3) is 2.81. The predicted octanol–water partition coefficient (Wildman–Crippen LogP) is 4.37. The molecule has 0 amide bonds. The van der Waals surface area contributed by atoms with Gasteiger partial charge in [0.25, 0.3) is 0 Å². The SMILES string of the molecule is N#Cc1ccc(Cl)cc1NCc1cccc2cnccc12. The van der Waals surface area contributed by atoms with E-state index >= 15 is 0 Å². The number of nitrogens with one attached hydrogen (secondary N) is 1. The average Bonchev–Trinajstić information content (AvgIpc) is 2.53. The highest BCUT2D eigenvalue weighted by atomic mass is 35.5. The van der Waals surface area contributed by atoms with Gasteiger partial charge in [-0.2, -0.15) is 5.26 Å². The summed E-state index contributed by atoms with van der Waals surface area (Å²) in [6, 6.07) is 15.5. The molecule has 1 N–H and O–H groups in total. The van der Waals surface area contributed by atoms with Crippen LogP contribution < -0.4 is 5.32 Å². The van der Waals surface area contributed by atoms with Crippen molar-refractivity contribution in [1.82, 2.24) is 4.98 Å². The first-order valence-electron chi connectivity index (χ1n) is 6.53. The van der Waals surface area contributed by atoms with Crippen LogP contribution in [0.25, 0.3) is 10.8 Å². The van der Waals surface area contributed by atoms with Crippen molar-refractivity contribution in [2.45, 2.75) is 6.54 Å². The fourth-order valence-corrected chi connectivity index (χ4v) is 2.47. The molecule has 102 valence electrons. The molecule has 0 atom stereocenters. The molecule has 0 saturated carbocycles. The van der Waals surface area contributed by atoms with Gasteiger partial charge >= 0.3 is 0 Å². The molecule has 1 heterocycles. The lowest BCUT2D eigenvalue weighted by Gasteiger charge is -2.11. The lowest BCUT2D eigenvalue weighted by atomic mass is 10.1. The Morgan fingerprint density at radius 3 is 2.95 bits per heavy atom. The molecule has 0 aliphatic heterocycles. The Labute approximate surface area is 127 Å². The summed E-state index contributed by atoms with van der Waals surface area (Å²) in [5, 5.41) is 15.3. The van der Waals surface area contributed by atoms with Crippen molar-refractivity contribution < 1.29 is 0 Å². The largest absolute Gasteiger partial charge is 0.380 e. The third-order valence-corrected chi connectivity index (χ3v) is 3.58. The molecule has 3 aromatic rings. The molecule has 4 heteroatoms. The quantitative estimate of drug-likeness (QED) is 0.780. The van der Waals surface area contributed by atoms with Crippen molar-refractivity contribution in [3.05, 3.63) is 71.0 Å². The van der Waals surface area contributed by atoms with Crippen molar-refractivity contribution in [3.8, 4) is 6.07 Å². The standard InChI is InChI=1S/C17H12ClN3/c18-15-5-4-12(9-19)17(8-15)21-11-14-3-1-2-13-10-20-7-6-16(13)14/h1-8,10,21H,11H2. The van der Waals surface area contributed by atoms with E-state index in [0.29, 0.717) is 17.1 Å². The molecule has 0 radical (unpaired) electrons. The minimum Gasteiger partial charge on any atom is -0.380 e. The zero-order valence-corrected chi connectivity index (χ0v) is 11.9. The van der Waals surface area contributed by atoms with Gasteiger partial charge in [0.1, 0.15) is 6.07 Å². The van der Waals surface area contributed by atoms with Crippen LogP contribution in [0.5, 0.6) is 0 Å². The molecule has 0 bridgehead atoms. The van der Waals surface area contributed by atoms with Crippen molar-refractivity contribution >= 4 is 28.1 Å². The van der Waals surface area contributed by atoms with Crippen LogP contribution in [0.3, 0.4) is 0 Å². The van der Waals surface area contributed by atoms with E-state index in [1.54, 1.807) is 24.4 Å². The number of nitriles is 1. The summed E-state index contributed by atoms with van der Waals surface area (Å²) in [6.07, 6.45) is 3.63. The molecular formula is C17H12ClN3. The third-order valence-electron chi connectivity index (χ3n) is 3.34. The summed E-state index contributed by atoms with van der Waals surface area (Å²) < 4.78 is 0.